The Morgan fingerprint density at radius 3 is 2.12 bits per heavy atom. The maximum atomic E-state index is 5.69. The number of halogens is 4. The summed E-state index contributed by atoms with van der Waals surface area (Å²) in [6.07, 6.45) is 0. The summed E-state index contributed by atoms with van der Waals surface area (Å²) in [5, 5.41) is 5.71. The molecule has 0 saturated heterocycles. The van der Waals surface area contributed by atoms with E-state index < -0.39 is 3.79 Å². The van der Waals surface area contributed by atoms with E-state index in [1.54, 1.807) is 0 Å². The predicted molar refractivity (Wildman–Crippen MR) is 67.8 cm³/mol. The third kappa shape index (κ3) is 5.21. The number of anilines is 2. The lowest BCUT2D eigenvalue weighted by Crippen LogP contribution is -2.19. The number of hydrogen-bond donors (Lipinski definition) is 2. The molecule has 2 N–H and O–H groups in total. The van der Waals surface area contributed by atoms with E-state index in [1.165, 1.54) is 0 Å². The molecule has 0 spiro atoms. The molecule has 0 aliphatic rings. The van der Waals surface area contributed by atoms with Crippen molar-refractivity contribution in [3.8, 4) is 0 Å². The first-order chi connectivity index (χ1) is 7.40. The Morgan fingerprint density at radius 1 is 1.06 bits per heavy atom. The van der Waals surface area contributed by atoms with Crippen molar-refractivity contribution in [1.82, 2.24) is 15.0 Å². The van der Waals surface area contributed by atoms with E-state index in [0.29, 0.717) is 12.5 Å². The zero-order chi connectivity index (χ0) is 12.2. The van der Waals surface area contributed by atoms with Crippen LogP contribution >= 0.6 is 46.4 Å². The minimum atomic E-state index is -1.42. The molecule has 0 radical (unpaired) electrons. The number of alkyl halides is 3. The lowest BCUT2D eigenvalue weighted by molar-refractivity contribution is 0.978. The van der Waals surface area contributed by atoms with E-state index >= 15 is 0 Å². The highest BCUT2D eigenvalue weighted by atomic mass is 35.6. The van der Waals surface area contributed by atoms with Gasteiger partial charge in [-0.1, -0.05) is 34.8 Å². The Balaban J connectivity index is 2.72. The number of rotatable bonds is 4. The van der Waals surface area contributed by atoms with Crippen LogP contribution in [0.1, 0.15) is 6.92 Å². The van der Waals surface area contributed by atoms with Crippen LogP contribution in [0.3, 0.4) is 0 Å². The largest absolute Gasteiger partial charge is 0.354 e. The first-order valence-electron chi connectivity index (χ1n) is 4.37. The van der Waals surface area contributed by atoms with E-state index in [0.717, 1.165) is 0 Å². The molecule has 1 heterocycles. The minimum Gasteiger partial charge on any atom is -0.354 e. The van der Waals surface area contributed by atoms with Crippen LogP contribution in [0.5, 0.6) is 0 Å². The lowest BCUT2D eigenvalue weighted by Gasteiger charge is -2.12. The minimum absolute atomic E-state index is 0.0674. The Hall–Kier alpha value is -0.230. The molecule has 0 unspecified atom stereocenters. The molecule has 0 fully saturated rings. The summed E-state index contributed by atoms with van der Waals surface area (Å²) in [7, 11) is 0. The average Bonchev–Trinajstić information content (AvgIpc) is 2.13. The van der Waals surface area contributed by atoms with Crippen molar-refractivity contribution in [1.29, 1.82) is 0 Å². The first kappa shape index (κ1) is 13.8. The van der Waals surface area contributed by atoms with Gasteiger partial charge in [-0.3, -0.25) is 0 Å². The second-order valence-corrected chi connectivity index (χ2v) is 5.60. The highest BCUT2D eigenvalue weighted by Crippen LogP contribution is 2.25. The van der Waals surface area contributed by atoms with Crippen LogP contribution < -0.4 is 10.6 Å². The summed E-state index contributed by atoms with van der Waals surface area (Å²) in [6.45, 7) is 2.65. The number of hydrogen-bond acceptors (Lipinski definition) is 5. The summed E-state index contributed by atoms with van der Waals surface area (Å²) in [6, 6.07) is 0. The van der Waals surface area contributed by atoms with Crippen LogP contribution in [0.2, 0.25) is 5.28 Å². The van der Waals surface area contributed by atoms with E-state index in [-0.39, 0.29) is 17.8 Å². The molecule has 0 aliphatic heterocycles. The Bertz CT molecular complexity index is 353. The molecule has 0 aliphatic carbocycles. The topological polar surface area (TPSA) is 62.7 Å². The molecule has 9 heteroatoms. The summed E-state index contributed by atoms with van der Waals surface area (Å²) < 4.78 is -1.42. The van der Waals surface area contributed by atoms with E-state index in [9.17, 15) is 0 Å². The summed E-state index contributed by atoms with van der Waals surface area (Å²) >= 11 is 22.4. The summed E-state index contributed by atoms with van der Waals surface area (Å²) in [4.78, 5) is 11.7. The molecule has 5 nitrogen and oxygen atoms in total. The Labute approximate surface area is 113 Å². The van der Waals surface area contributed by atoms with Gasteiger partial charge < -0.3 is 10.6 Å². The fourth-order valence-electron chi connectivity index (χ4n) is 0.846. The Morgan fingerprint density at radius 2 is 1.62 bits per heavy atom. The molecule has 1 aromatic heterocycles. The molecule has 16 heavy (non-hydrogen) atoms. The van der Waals surface area contributed by atoms with E-state index in [2.05, 4.69) is 25.6 Å². The van der Waals surface area contributed by atoms with Gasteiger partial charge in [0.15, 0.2) is 0 Å². The third-order valence-electron chi connectivity index (χ3n) is 1.39. The van der Waals surface area contributed by atoms with Crippen molar-refractivity contribution in [2.45, 2.75) is 10.7 Å². The second kappa shape index (κ2) is 5.91. The fraction of sp³-hybridized carbons (Fsp3) is 0.571. The summed E-state index contributed by atoms with van der Waals surface area (Å²) in [5.41, 5.74) is 0. The highest BCUT2D eigenvalue weighted by molar-refractivity contribution is 6.67. The van der Waals surface area contributed by atoms with E-state index in [4.69, 9.17) is 46.4 Å². The van der Waals surface area contributed by atoms with Crippen LogP contribution in [-0.4, -0.2) is 31.8 Å². The first-order valence-corrected chi connectivity index (χ1v) is 5.88. The molecular weight excluding hydrogens is 296 g/mol. The highest BCUT2D eigenvalue weighted by Gasteiger charge is 2.19. The zero-order valence-electron chi connectivity index (χ0n) is 8.27. The summed E-state index contributed by atoms with van der Waals surface area (Å²) in [5.74, 6) is 0.622. The van der Waals surface area contributed by atoms with Crippen LogP contribution in [0.4, 0.5) is 11.9 Å². The van der Waals surface area contributed by atoms with Gasteiger partial charge in [0.1, 0.15) is 0 Å². The quantitative estimate of drug-likeness (QED) is 0.838. The maximum absolute atomic E-state index is 5.69. The van der Waals surface area contributed by atoms with Crippen molar-refractivity contribution in [3.05, 3.63) is 5.28 Å². The molecule has 0 saturated carbocycles. The van der Waals surface area contributed by atoms with Gasteiger partial charge in [0.25, 0.3) is 0 Å². The Kier molecular flexibility index (Phi) is 5.11. The van der Waals surface area contributed by atoms with Crippen LogP contribution in [0.15, 0.2) is 0 Å². The van der Waals surface area contributed by atoms with Gasteiger partial charge in [0.2, 0.25) is 21.0 Å². The molecular formula is C7H9Cl4N5. The molecule has 1 rings (SSSR count). The van der Waals surface area contributed by atoms with Crippen molar-refractivity contribution in [3.63, 3.8) is 0 Å². The van der Waals surface area contributed by atoms with Crippen LogP contribution in [0.25, 0.3) is 0 Å². The molecule has 0 aromatic carbocycles. The fourth-order valence-corrected chi connectivity index (χ4v) is 1.21. The van der Waals surface area contributed by atoms with Crippen molar-refractivity contribution >= 4 is 58.3 Å². The maximum Gasteiger partial charge on any atom is 0.228 e. The number of nitrogens with one attached hydrogen (secondary N) is 2. The monoisotopic (exact) mass is 303 g/mol. The number of nitrogens with zero attached hydrogens (tertiary/aromatic N) is 3. The van der Waals surface area contributed by atoms with Gasteiger partial charge in [-0.15, -0.1) is 0 Å². The SMILES string of the molecule is CCNc1nc(Cl)nc(NCC(Cl)(Cl)Cl)n1. The third-order valence-corrected chi connectivity index (χ3v) is 1.96. The average molecular weight is 305 g/mol. The lowest BCUT2D eigenvalue weighted by atomic mass is 10.7. The smallest absolute Gasteiger partial charge is 0.228 e. The normalized spacial score (nSPS) is 11.3. The molecule has 0 amide bonds. The molecule has 0 atom stereocenters. The van der Waals surface area contributed by atoms with Crippen molar-refractivity contribution in [2.75, 3.05) is 23.7 Å². The van der Waals surface area contributed by atoms with Gasteiger partial charge in [-0.25, -0.2) is 0 Å². The molecule has 90 valence electrons. The second-order valence-electron chi connectivity index (χ2n) is 2.75. The molecule has 1 aromatic rings. The van der Waals surface area contributed by atoms with Crippen LogP contribution in [0, 0.1) is 0 Å². The van der Waals surface area contributed by atoms with E-state index in [1.807, 2.05) is 6.92 Å². The van der Waals surface area contributed by atoms with Gasteiger partial charge >= 0.3 is 0 Å². The zero-order valence-corrected chi connectivity index (χ0v) is 11.3. The predicted octanol–water partition coefficient (Wildman–Crippen LogP) is 2.74. The van der Waals surface area contributed by atoms with Crippen molar-refractivity contribution < 1.29 is 0 Å². The number of aromatic nitrogens is 3. The molecule has 0 bridgehead atoms. The standard InChI is InChI=1S/C7H9Cl4N5/c1-2-12-5-14-4(8)15-6(16-5)13-3-7(9,10)11/h2-3H2,1H3,(H2,12,13,14,15,16). The van der Waals surface area contributed by atoms with Crippen LogP contribution in [-0.2, 0) is 0 Å². The van der Waals surface area contributed by atoms with Gasteiger partial charge in [0, 0.05) is 6.54 Å². The van der Waals surface area contributed by atoms with Crippen molar-refractivity contribution in [2.24, 2.45) is 0 Å². The van der Waals surface area contributed by atoms with Gasteiger partial charge in [0.05, 0.1) is 6.54 Å². The van der Waals surface area contributed by atoms with Gasteiger partial charge in [-0.05, 0) is 18.5 Å². The van der Waals surface area contributed by atoms with Gasteiger partial charge in [-0.2, -0.15) is 15.0 Å².